The van der Waals surface area contributed by atoms with Crippen LogP contribution in [0.15, 0.2) is 34.8 Å². The van der Waals surface area contributed by atoms with Gasteiger partial charge in [0, 0.05) is 8.04 Å². The molecule has 0 aliphatic rings. The van der Waals surface area contributed by atoms with E-state index in [0.29, 0.717) is 0 Å². The molecule has 0 aliphatic heterocycles. The minimum Gasteiger partial charge on any atom is -0.320 e. The van der Waals surface area contributed by atoms with E-state index in [1.807, 2.05) is 0 Å². The van der Waals surface area contributed by atoms with Crippen molar-refractivity contribution in [2.24, 2.45) is 5.73 Å². The van der Waals surface area contributed by atoms with Crippen LogP contribution < -0.4 is 5.73 Å². The van der Waals surface area contributed by atoms with Gasteiger partial charge in [0.1, 0.15) is 0 Å². The van der Waals surface area contributed by atoms with Gasteiger partial charge in [-0.2, -0.15) is 0 Å². The molecule has 2 aromatic rings. The lowest BCUT2D eigenvalue weighted by atomic mass is 9.92. The molecule has 0 fully saturated rings. The van der Waals surface area contributed by atoms with Crippen LogP contribution in [0.3, 0.4) is 0 Å². The normalized spacial score (nSPS) is 12.5. The molecule has 0 saturated carbocycles. The summed E-state index contributed by atoms with van der Waals surface area (Å²) >= 11 is 5.92. The van der Waals surface area contributed by atoms with E-state index in [0.717, 1.165) is 10.0 Å². The molecule has 0 aromatic heterocycles. The van der Waals surface area contributed by atoms with Gasteiger partial charge in [-0.25, -0.2) is 0 Å². The maximum Gasteiger partial charge on any atom is 0.0565 e. The lowest BCUT2D eigenvalue weighted by Crippen LogP contribution is -2.14. The molecule has 2 N–H and O–H groups in total. The molecule has 1 unspecified atom stereocenters. The summed E-state index contributed by atoms with van der Waals surface area (Å²) in [5, 5.41) is 0. The number of benzene rings is 2. The molecule has 2 aromatic carbocycles. The summed E-state index contributed by atoms with van der Waals surface area (Å²) in [7, 11) is 0. The van der Waals surface area contributed by atoms with Gasteiger partial charge in [0.15, 0.2) is 0 Å². The van der Waals surface area contributed by atoms with E-state index in [1.165, 1.54) is 25.8 Å². The zero-order valence-corrected chi connectivity index (χ0v) is 15.0. The SMILES string of the molecule is Cc1cc(C)c(C(N)c2cc(I)ccc2Br)cc1C. The highest BCUT2D eigenvalue weighted by Crippen LogP contribution is 2.31. The van der Waals surface area contributed by atoms with Crippen molar-refractivity contribution in [1.29, 1.82) is 0 Å². The second-order valence-electron chi connectivity index (χ2n) is 4.94. The Morgan fingerprint density at radius 2 is 1.58 bits per heavy atom. The van der Waals surface area contributed by atoms with Crippen LogP contribution in [0.1, 0.15) is 33.9 Å². The van der Waals surface area contributed by atoms with Crippen molar-refractivity contribution in [2.45, 2.75) is 26.8 Å². The van der Waals surface area contributed by atoms with Gasteiger partial charge in [-0.1, -0.05) is 28.1 Å². The van der Waals surface area contributed by atoms with E-state index < -0.39 is 0 Å². The van der Waals surface area contributed by atoms with E-state index >= 15 is 0 Å². The summed E-state index contributed by atoms with van der Waals surface area (Å²) in [6, 6.07) is 10.6. The summed E-state index contributed by atoms with van der Waals surface area (Å²) in [5.41, 5.74) is 12.7. The molecule has 0 saturated heterocycles. The molecule has 19 heavy (non-hydrogen) atoms. The minimum absolute atomic E-state index is 0.0941. The van der Waals surface area contributed by atoms with Gasteiger partial charge < -0.3 is 5.73 Å². The monoisotopic (exact) mass is 429 g/mol. The maximum absolute atomic E-state index is 6.47. The molecule has 0 amide bonds. The number of hydrogen-bond donors (Lipinski definition) is 1. The first-order chi connectivity index (χ1) is 8.90. The number of rotatable bonds is 2. The van der Waals surface area contributed by atoms with E-state index in [-0.39, 0.29) is 6.04 Å². The van der Waals surface area contributed by atoms with E-state index in [1.54, 1.807) is 0 Å². The van der Waals surface area contributed by atoms with Gasteiger partial charge in [-0.3, -0.25) is 0 Å². The quantitative estimate of drug-likeness (QED) is 0.666. The van der Waals surface area contributed by atoms with Gasteiger partial charge in [0.2, 0.25) is 0 Å². The average molecular weight is 430 g/mol. The highest BCUT2D eigenvalue weighted by atomic mass is 127. The summed E-state index contributed by atoms with van der Waals surface area (Å²) in [5.74, 6) is 0. The fraction of sp³-hybridized carbons (Fsp3) is 0.250. The predicted molar refractivity (Wildman–Crippen MR) is 93.5 cm³/mol. The van der Waals surface area contributed by atoms with Crippen LogP contribution in [0, 0.1) is 24.3 Å². The number of hydrogen-bond acceptors (Lipinski definition) is 1. The highest BCUT2D eigenvalue weighted by Gasteiger charge is 2.15. The first-order valence-electron chi connectivity index (χ1n) is 6.18. The van der Waals surface area contributed by atoms with Gasteiger partial charge in [-0.15, -0.1) is 0 Å². The van der Waals surface area contributed by atoms with Crippen LogP contribution in [0.4, 0.5) is 0 Å². The second-order valence-corrected chi connectivity index (χ2v) is 7.04. The zero-order valence-electron chi connectivity index (χ0n) is 11.3. The van der Waals surface area contributed by atoms with Crippen LogP contribution >= 0.6 is 38.5 Å². The lowest BCUT2D eigenvalue weighted by Gasteiger charge is -2.19. The molecule has 0 radical (unpaired) electrons. The van der Waals surface area contributed by atoms with E-state index in [9.17, 15) is 0 Å². The number of nitrogens with two attached hydrogens (primary N) is 1. The van der Waals surface area contributed by atoms with Crippen molar-refractivity contribution < 1.29 is 0 Å². The van der Waals surface area contributed by atoms with E-state index in [4.69, 9.17) is 5.73 Å². The zero-order chi connectivity index (χ0) is 14.2. The van der Waals surface area contributed by atoms with Crippen LogP contribution in [-0.2, 0) is 0 Å². The van der Waals surface area contributed by atoms with Crippen LogP contribution in [-0.4, -0.2) is 0 Å². The van der Waals surface area contributed by atoms with Crippen LogP contribution in [0.5, 0.6) is 0 Å². The lowest BCUT2D eigenvalue weighted by molar-refractivity contribution is 0.852. The highest BCUT2D eigenvalue weighted by molar-refractivity contribution is 14.1. The molecular weight excluding hydrogens is 413 g/mol. The molecule has 0 spiro atoms. The van der Waals surface area contributed by atoms with Crippen molar-refractivity contribution in [3.63, 3.8) is 0 Å². The Kier molecular flexibility index (Phi) is 4.69. The molecule has 0 aliphatic carbocycles. The molecule has 3 heteroatoms. The van der Waals surface area contributed by atoms with Gasteiger partial charge in [0.25, 0.3) is 0 Å². The molecular formula is C16H17BrIN. The van der Waals surface area contributed by atoms with Crippen LogP contribution in [0.2, 0.25) is 0 Å². The number of aryl methyl sites for hydroxylation is 3. The van der Waals surface area contributed by atoms with Gasteiger partial charge in [0.05, 0.1) is 6.04 Å². The fourth-order valence-corrected chi connectivity index (χ4v) is 3.25. The summed E-state index contributed by atoms with van der Waals surface area (Å²) in [4.78, 5) is 0. The Balaban J connectivity index is 2.52. The van der Waals surface area contributed by atoms with Gasteiger partial charge >= 0.3 is 0 Å². The second kappa shape index (κ2) is 5.94. The third-order valence-corrected chi connectivity index (χ3v) is 4.90. The third kappa shape index (κ3) is 3.20. The first kappa shape index (κ1) is 15.0. The largest absolute Gasteiger partial charge is 0.320 e. The Labute approximate surface area is 136 Å². The number of halogens is 2. The maximum atomic E-state index is 6.47. The summed E-state index contributed by atoms with van der Waals surface area (Å²) in [6.07, 6.45) is 0. The van der Waals surface area contributed by atoms with Crippen molar-refractivity contribution >= 4 is 38.5 Å². The van der Waals surface area contributed by atoms with Crippen molar-refractivity contribution in [1.82, 2.24) is 0 Å². The molecule has 0 heterocycles. The first-order valence-corrected chi connectivity index (χ1v) is 8.05. The Bertz CT molecular complexity index is 622. The van der Waals surface area contributed by atoms with E-state index in [2.05, 4.69) is 89.6 Å². The molecule has 0 bridgehead atoms. The average Bonchev–Trinajstić information content (AvgIpc) is 2.36. The van der Waals surface area contributed by atoms with Crippen molar-refractivity contribution in [3.8, 4) is 0 Å². The van der Waals surface area contributed by atoms with Crippen molar-refractivity contribution in [2.75, 3.05) is 0 Å². The Hall–Kier alpha value is -0.390. The Morgan fingerprint density at radius 3 is 2.26 bits per heavy atom. The minimum atomic E-state index is -0.0941. The summed E-state index contributed by atoms with van der Waals surface area (Å²) < 4.78 is 2.27. The molecule has 2 rings (SSSR count). The molecule has 1 nitrogen and oxygen atoms in total. The predicted octanol–water partition coefficient (Wildman–Crippen LogP) is 5.03. The fourth-order valence-electron chi connectivity index (χ4n) is 2.24. The van der Waals surface area contributed by atoms with Crippen LogP contribution in [0.25, 0.3) is 0 Å². The topological polar surface area (TPSA) is 26.0 Å². The Morgan fingerprint density at radius 1 is 0.947 bits per heavy atom. The summed E-state index contributed by atoms with van der Waals surface area (Å²) in [6.45, 7) is 6.40. The smallest absolute Gasteiger partial charge is 0.0565 e. The standard InChI is InChI=1S/C16H17BrIN/c1-9-6-11(3)13(7-10(9)2)16(19)14-8-12(18)4-5-15(14)17/h4-8,16H,19H2,1-3H3. The molecule has 100 valence electrons. The van der Waals surface area contributed by atoms with Crippen molar-refractivity contribution in [3.05, 3.63) is 66.2 Å². The molecule has 1 atom stereocenters. The third-order valence-electron chi connectivity index (χ3n) is 3.51. The van der Waals surface area contributed by atoms with Gasteiger partial charge in [-0.05, 0) is 89.4 Å².